The standard InChI is InChI=1S/C20H24O6/c1-9(2)13-7-6-12-8-14(26-20(12)25)15(10(3)4)19(24)17(22)11(5)16(21)18(13)23/h8,13-15,18,22-23H,1,3,6-7H2,2,4-5H3/t13-,14+,15-,18-/m0/s1. The summed E-state index contributed by atoms with van der Waals surface area (Å²) in [6, 6.07) is 0. The van der Waals surface area contributed by atoms with E-state index in [0.717, 1.165) is 0 Å². The molecule has 0 saturated heterocycles. The van der Waals surface area contributed by atoms with Gasteiger partial charge in [-0.2, -0.15) is 0 Å². The summed E-state index contributed by atoms with van der Waals surface area (Å²) in [7, 11) is 0. The van der Waals surface area contributed by atoms with Crippen LogP contribution in [0.4, 0.5) is 0 Å². The average Bonchev–Trinajstić information content (AvgIpc) is 2.91. The molecule has 0 saturated carbocycles. The van der Waals surface area contributed by atoms with Crippen LogP contribution in [0, 0.1) is 11.8 Å². The van der Waals surface area contributed by atoms with Gasteiger partial charge in [0.05, 0.1) is 5.92 Å². The van der Waals surface area contributed by atoms with Gasteiger partial charge in [-0.1, -0.05) is 24.3 Å². The Morgan fingerprint density at radius 3 is 2.31 bits per heavy atom. The number of ether oxygens (including phenoxy) is 1. The molecule has 0 unspecified atom stereocenters. The van der Waals surface area contributed by atoms with Crippen LogP contribution in [0.25, 0.3) is 0 Å². The Balaban J connectivity index is 2.58. The van der Waals surface area contributed by atoms with Crippen molar-refractivity contribution in [2.24, 2.45) is 11.8 Å². The van der Waals surface area contributed by atoms with Crippen LogP contribution < -0.4 is 0 Å². The van der Waals surface area contributed by atoms with Gasteiger partial charge in [0.15, 0.2) is 11.5 Å². The zero-order chi connectivity index (χ0) is 19.8. The highest BCUT2D eigenvalue weighted by Gasteiger charge is 2.40. The first-order valence-corrected chi connectivity index (χ1v) is 8.45. The van der Waals surface area contributed by atoms with E-state index in [9.17, 15) is 24.6 Å². The number of allylic oxidation sites excluding steroid dienone is 1. The van der Waals surface area contributed by atoms with E-state index in [0.29, 0.717) is 23.1 Å². The summed E-state index contributed by atoms with van der Waals surface area (Å²) < 4.78 is 5.30. The van der Waals surface area contributed by atoms with Crippen LogP contribution in [0.2, 0.25) is 0 Å². The second kappa shape index (κ2) is 7.41. The van der Waals surface area contributed by atoms with Gasteiger partial charge in [0.25, 0.3) is 0 Å². The minimum absolute atomic E-state index is 0.228. The maximum atomic E-state index is 12.7. The van der Waals surface area contributed by atoms with Crippen molar-refractivity contribution < 1.29 is 29.3 Å². The normalized spacial score (nSPS) is 30.3. The monoisotopic (exact) mass is 360 g/mol. The maximum Gasteiger partial charge on any atom is 0.334 e. The molecule has 2 aliphatic rings. The van der Waals surface area contributed by atoms with Gasteiger partial charge < -0.3 is 14.9 Å². The summed E-state index contributed by atoms with van der Waals surface area (Å²) >= 11 is 0. The maximum absolute atomic E-state index is 12.7. The summed E-state index contributed by atoms with van der Waals surface area (Å²) in [5, 5.41) is 20.8. The number of esters is 1. The van der Waals surface area contributed by atoms with Crippen molar-refractivity contribution in [3.8, 4) is 0 Å². The average molecular weight is 360 g/mol. The molecule has 0 aromatic heterocycles. The number of Topliss-reactive ketones (excluding diaryl/α,β-unsaturated/α-hetero) is 2. The quantitative estimate of drug-likeness (QED) is 0.579. The van der Waals surface area contributed by atoms with Crippen LogP contribution in [0.1, 0.15) is 33.6 Å². The van der Waals surface area contributed by atoms with Gasteiger partial charge in [0.2, 0.25) is 5.78 Å². The Morgan fingerprint density at radius 1 is 1.15 bits per heavy atom. The van der Waals surface area contributed by atoms with Gasteiger partial charge in [0.1, 0.15) is 12.2 Å². The van der Waals surface area contributed by atoms with E-state index < -0.39 is 47.3 Å². The minimum atomic E-state index is -1.46. The lowest BCUT2D eigenvalue weighted by Crippen LogP contribution is -2.34. The molecule has 26 heavy (non-hydrogen) atoms. The second-order valence-corrected chi connectivity index (χ2v) is 7.02. The van der Waals surface area contributed by atoms with Crippen molar-refractivity contribution >= 4 is 17.5 Å². The molecule has 0 radical (unpaired) electrons. The molecule has 2 N–H and O–H groups in total. The lowest BCUT2D eigenvalue weighted by Gasteiger charge is -2.24. The number of rotatable bonds is 2. The van der Waals surface area contributed by atoms with Crippen LogP contribution in [0.5, 0.6) is 0 Å². The molecule has 140 valence electrons. The number of aliphatic hydroxyl groups is 2. The molecular formula is C20H24O6. The fourth-order valence-electron chi connectivity index (χ4n) is 3.34. The summed E-state index contributed by atoms with van der Waals surface area (Å²) in [4.78, 5) is 37.4. The lowest BCUT2D eigenvalue weighted by atomic mass is 9.82. The number of aliphatic hydroxyl groups excluding tert-OH is 2. The molecule has 2 rings (SSSR count). The highest BCUT2D eigenvalue weighted by molar-refractivity contribution is 6.08. The molecule has 0 aromatic rings. The van der Waals surface area contributed by atoms with Crippen LogP contribution >= 0.6 is 0 Å². The topological polar surface area (TPSA) is 101 Å². The van der Waals surface area contributed by atoms with Crippen molar-refractivity contribution in [3.05, 3.63) is 47.3 Å². The largest absolute Gasteiger partial charge is 0.504 e. The minimum Gasteiger partial charge on any atom is -0.504 e. The molecule has 1 heterocycles. The Hall–Kier alpha value is -2.47. The fraction of sp³-hybridized carbons (Fsp3) is 0.450. The van der Waals surface area contributed by atoms with E-state index in [1.54, 1.807) is 19.9 Å². The van der Waals surface area contributed by atoms with Crippen LogP contribution in [0.3, 0.4) is 0 Å². The van der Waals surface area contributed by atoms with Crippen LogP contribution in [-0.4, -0.2) is 40.0 Å². The zero-order valence-corrected chi connectivity index (χ0v) is 15.2. The fourth-order valence-corrected chi connectivity index (χ4v) is 3.34. The lowest BCUT2D eigenvalue weighted by molar-refractivity contribution is -0.142. The van der Waals surface area contributed by atoms with E-state index in [2.05, 4.69) is 13.2 Å². The van der Waals surface area contributed by atoms with Gasteiger partial charge in [-0.15, -0.1) is 0 Å². The number of carbonyl (C=O) groups excluding carboxylic acids is 3. The van der Waals surface area contributed by atoms with Gasteiger partial charge in [-0.25, -0.2) is 4.79 Å². The SMILES string of the molecule is C=C(C)[C@@H]1C(=O)C(O)=C(C)C(=O)[C@@H](O)[C@H](C(=C)C)CCC2=C[C@H]1OC2=O. The summed E-state index contributed by atoms with van der Waals surface area (Å²) in [6.45, 7) is 12.1. The van der Waals surface area contributed by atoms with E-state index in [1.807, 2.05) is 0 Å². The van der Waals surface area contributed by atoms with Gasteiger partial charge in [-0.3, -0.25) is 9.59 Å². The molecule has 1 aliphatic heterocycles. The number of ketones is 2. The van der Waals surface area contributed by atoms with Crippen LogP contribution in [0.15, 0.2) is 47.3 Å². The first-order chi connectivity index (χ1) is 12.1. The molecule has 1 aliphatic carbocycles. The summed E-state index contributed by atoms with van der Waals surface area (Å²) in [6.07, 6.45) is -0.175. The van der Waals surface area contributed by atoms with Crippen molar-refractivity contribution in [2.45, 2.75) is 45.8 Å². The van der Waals surface area contributed by atoms with Crippen molar-refractivity contribution in [1.29, 1.82) is 0 Å². The predicted octanol–water partition coefficient (Wildman–Crippen LogP) is 2.35. The Labute approximate surface area is 152 Å². The van der Waals surface area contributed by atoms with Gasteiger partial charge in [0, 0.05) is 17.1 Å². The molecule has 0 spiro atoms. The molecule has 6 nitrogen and oxygen atoms in total. The molecule has 0 amide bonds. The molecule has 0 aromatic carbocycles. The van der Waals surface area contributed by atoms with Crippen molar-refractivity contribution in [3.63, 3.8) is 0 Å². The van der Waals surface area contributed by atoms with E-state index in [4.69, 9.17) is 4.74 Å². The molecule has 4 atom stereocenters. The Bertz CT molecular complexity index is 754. The number of carbonyl (C=O) groups is 3. The number of hydrogen-bond donors (Lipinski definition) is 2. The Morgan fingerprint density at radius 2 is 1.77 bits per heavy atom. The number of hydrogen-bond acceptors (Lipinski definition) is 6. The number of fused-ring (bicyclic) bond motifs is 1. The van der Waals surface area contributed by atoms with Crippen molar-refractivity contribution in [1.82, 2.24) is 0 Å². The van der Waals surface area contributed by atoms with Crippen molar-refractivity contribution in [2.75, 3.05) is 0 Å². The summed E-state index contributed by atoms with van der Waals surface area (Å²) in [5.74, 6) is -4.40. The van der Waals surface area contributed by atoms with Gasteiger partial charge in [-0.05, 0) is 39.7 Å². The molecular weight excluding hydrogens is 336 g/mol. The highest BCUT2D eigenvalue weighted by Crippen LogP contribution is 2.33. The third kappa shape index (κ3) is 3.55. The first-order valence-electron chi connectivity index (χ1n) is 8.45. The zero-order valence-electron chi connectivity index (χ0n) is 15.2. The van der Waals surface area contributed by atoms with Gasteiger partial charge >= 0.3 is 5.97 Å². The molecule has 2 bridgehead atoms. The molecule has 6 heteroatoms. The predicted molar refractivity (Wildman–Crippen MR) is 95.2 cm³/mol. The second-order valence-electron chi connectivity index (χ2n) is 7.02. The Kier molecular flexibility index (Phi) is 5.66. The smallest absolute Gasteiger partial charge is 0.334 e. The highest BCUT2D eigenvalue weighted by atomic mass is 16.5. The first kappa shape index (κ1) is 19.8. The third-order valence-electron chi connectivity index (χ3n) is 4.98. The van der Waals surface area contributed by atoms with E-state index in [1.165, 1.54) is 6.92 Å². The van der Waals surface area contributed by atoms with E-state index in [-0.39, 0.29) is 12.0 Å². The molecule has 0 fully saturated rings. The summed E-state index contributed by atoms with van der Waals surface area (Å²) in [5.41, 5.74) is 1.12. The van der Waals surface area contributed by atoms with Crippen LogP contribution in [-0.2, 0) is 19.1 Å². The van der Waals surface area contributed by atoms with E-state index >= 15 is 0 Å². The third-order valence-corrected chi connectivity index (χ3v) is 4.98.